The Morgan fingerprint density at radius 1 is 1.02 bits per heavy atom. The molecule has 3 heterocycles. The number of benzene rings is 2. The highest BCUT2D eigenvalue weighted by atomic mass is 16.4. The van der Waals surface area contributed by atoms with Crippen molar-refractivity contribution in [3.8, 4) is 11.4 Å². The standard InChI is InChI=1S/C35H37N5O4/c1-39-20-18-35(22-39,34(44)37-26-14-10-23(11-15-26)12-17-30(41)42)38-33(43)25-13-16-27-29(21-25)40(2)32(28-9-5-6-19-36-28)31(27)24-7-3-4-8-24/h5-6,9-17,19,21,24H,3-4,7-8,18,20,22H2,1-2H3,(H,37,44)(H,38,43)(H,41,42)/b17-12+/t35-/m0/s1. The maximum absolute atomic E-state index is 13.8. The first-order chi connectivity index (χ1) is 21.2. The minimum atomic E-state index is -1.11. The quantitative estimate of drug-likeness (QED) is 0.235. The van der Waals surface area contributed by atoms with E-state index in [0.717, 1.165) is 41.2 Å². The topological polar surface area (TPSA) is 117 Å². The fourth-order valence-electron chi connectivity index (χ4n) is 6.78. The predicted octanol–water partition coefficient (Wildman–Crippen LogP) is 5.44. The molecule has 1 aliphatic carbocycles. The summed E-state index contributed by atoms with van der Waals surface area (Å²) in [5, 5.41) is 16.1. The van der Waals surface area contributed by atoms with Crippen molar-refractivity contribution in [3.63, 3.8) is 0 Å². The summed E-state index contributed by atoms with van der Waals surface area (Å²) in [5.41, 5.74) is 4.97. The van der Waals surface area contributed by atoms with Gasteiger partial charge < -0.3 is 25.2 Å². The van der Waals surface area contributed by atoms with Crippen LogP contribution in [-0.2, 0) is 16.6 Å². The Morgan fingerprint density at radius 3 is 2.45 bits per heavy atom. The van der Waals surface area contributed by atoms with E-state index in [0.29, 0.717) is 42.2 Å². The molecular weight excluding hydrogens is 554 g/mol. The predicted molar refractivity (Wildman–Crippen MR) is 171 cm³/mol. The molecule has 9 heteroatoms. The highest BCUT2D eigenvalue weighted by Gasteiger charge is 2.45. The van der Waals surface area contributed by atoms with Crippen LogP contribution in [0.15, 0.2) is 72.9 Å². The minimum absolute atomic E-state index is 0.287. The summed E-state index contributed by atoms with van der Waals surface area (Å²) < 4.78 is 2.16. The Kier molecular flexibility index (Phi) is 8.05. The van der Waals surface area contributed by atoms with Crippen LogP contribution in [0.4, 0.5) is 5.69 Å². The van der Waals surface area contributed by atoms with Gasteiger partial charge in [0.1, 0.15) is 5.54 Å². The number of carboxylic acid groups (broad SMARTS) is 1. The van der Waals surface area contributed by atoms with Crippen LogP contribution in [0.2, 0.25) is 0 Å². The third-order valence-corrected chi connectivity index (χ3v) is 9.01. The van der Waals surface area contributed by atoms with Crippen molar-refractivity contribution in [1.82, 2.24) is 19.8 Å². The second-order valence-electron chi connectivity index (χ2n) is 12.0. The van der Waals surface area contributed by atoms with Gasteiger partial charge in [-0.2, -0.15) is 0 Å². The zero-order chi connectivity index (χ0) is 30.8. The van der Waals surface area contributed by atoms with Gasteiger partial charge in [-0.25, -0.2) is 4.79 Å². The average molecular weight is 592 g/mol. The zero-order valence-corrected chi connectivity index (χ0v) is 25.0. The summed E-state index contributed by atoms with van der Waals surface area (Å²) in [4.78, 5) is 45.1. The fraction of sp³-hybridized carbons (Fsp3) is 0.314. The van der Waals surface area contributed by atoms with Gasteiger partial charge in [0, 0.05) is 54.6 Å². The molecule has 3 N–H and O–H groups in total. The van der Waals surface area contributed by atoms with E-state index in [1.165, 1.54) is 24.5 Å². The zero-order valence-electron chi connectivity index (χ0n) is 25.0. The summed E-state index contributed by atoms with van der Waals surface area (Å²) in [5.74, 6) is -1.15. The molecule has 2 aliphatic rings. The number of aliphatic carboxylic acids is 1. The van der Waals surface area contributed by atoms with Crippen LogP contribution in [0.25, 0.3) is 28.4 Å². The van der Waals surface area contributed by atoms with E-state index in [1.54, 1.807) is 24.3 Å². The number of carbonyl (C=O) groups is 3. The number of likely N-dealkylation sites (tertiary alicyclic amines) is 1. The molecule has 4 aromatic rings. The van der Waals surface area contributed by atoms with Gasteiger partial charge in [-0.1, -0.05) is 37.1 Å². The maximum atomic E-state index is 13.8. The molecule has 0 radical (unpaired) electrons. The number of pyridine rings is 1. The van der Waals surface area contributed by atoms with Crippen molar-refractivity contribution in [2.45, 2.75) is 43.6 Å². The van der Waals surface area contributed by atoms with Gasteiger partial charge in [0.2, 0.25) is 0 Å². The third kappa shape index (κ3) is 5.75. The SMILES string of the molecule is CN1CC[C@@](NC(=O)c2ccc3c(C4CCCC4)c(-c4ccccn4)n(C)c3c2)(C(=O)Nc2ccc(/C=C/C(=O)O)cc2)C1. The van der Waals surface area contributed by atoms with Gasteiger partial charge in [0.05, 0.1) is 11.4 Å². The summed E-state index contributed by atoms with van der Waals surface area (Å²) >= 11 is 0. The summed E-state index contributed by atoms with van der Waals surface area (Å²) in [6.07, 6.45) is 9.57. The third-order valence-electron chi connectivity index (χ3n) is 9.01. The molecule has 226 valence electrons. The average Bonchev–Trinajstić information content (AvgIpc) is 3.75. The van der Waals surface area contributed by atoms with Gasteiger partial charge in [0.15, 0.2) is 0 Å². The molecule has 6 rings (SSSR count). The number of aryl methyl sites for hydroxylation is 1. The number of amides is 2. The van der Waals surface area contributed by atoms with E-state index in [-0.39, 0.29) is 11.8 Å². The summed E-state index contributed by atoms with van der Waals surface area (Å²) in [7, 11) is 3.97. The highest BCUT2D eigenvalue weighted by molar-refractivity contribution is 6.06. The van der Waals surface area contributed by atoms with Gasteiger partial charge in [-0.15, -0.1) is 0 Å². The highest BCUT2D eigenvalue weighted by Crippen LogP contribution is 2.44. The van der Waals surface area contributed by atoms with Gasteiger partial charge in [-0.3, -0.25) is 14.6 Å². The summed E-state index contributed by atoms with van der Waals surface area (Å²) in [6.45, 7) is 1.05. The number of nitrogens with one attached hydrogen (secondary N) is 2. The molecule has 1 saturated heterocycles. The van der Waals surface area contributed by atoms with Crippen molar-refractivity contribution in [2.24, 2.45) is 7.05 Å². The van der Waals surface area contributed by atoms with E-state index in [4.69, 9.17) is 5.11 Å². The number of nitrogens with zero attached hydrogens (tertiary/aromatic N) is 3. The molecule has 2 amide bonds. The minimum Gasteiger partial charge on any atom is -0.478 e. The number of anilines is 1. The van der Waals surface area contributed by atoms with Crippen LogP contribution >= 0.6 is 0 Å². The van der Waals surface area contributed by atoms with Gasteiger partial charge in [-0.05, 0) is 85.8 Å². The molecule has 9 nitrogen and oxygen atoms in total. The Bertz CT molecular complexity index is 1740. The molecule has 2 fully saturated rings. The first-order valence-electron chi connectivity index (χ1n) is 15.1. The number of hydrogen-bond donors (Lipinski definition) is 3. The molecule has 2 aromatic carbocycles. The number of likely N-dealkylation sites (N-methyl/N-ethyl adjacent to an activating group) is 1. The number of aromatic nitrogens is 2. The first-order valence-corrected chi connectivity index (χ1v) is 15.1. The van der Waals surface area contributed by atoms with E-state index < -0.39 is 11.5 Å². The van der Waals surface area contributed by atoms with Crippen LogP contribution in [0.3, 0.4) is 0 Å². The second kappa shape index (κ2) is 12.1. The van der Waals surface area contributed by atoms with Crippen molar-refractivity contribution in [1.29, 1.82) is 0 Å². The molecule has 1 saturated carbocycles. The molecule has 0 unspecified atom stereocenters. The lowest BCUT2D eigenvalue weighted by molar-refractivity contribution is -0.131. The number of hydrogen-bond acceptors (Lipinski definition) is 5. The number of carboxylic acids is 1. The second-order valence-corrected chi connectivity index (χ2v) is 12.0. The van der Waals surface area contributed by atoms with Crippen molar-refractivity contribution in [2.75, 3.05) is 25.5 Å². The largest absolute Gasteiger partial charge is 0.478 e. The first kappa shape index (κ1) is 29.3. The summed E-state index contributed by atoms with van der Waals surface area (Å²) in [6, 6.07) is 18.7. The van der Waals surface area contributed by atoms with Crippen molar-refractivity contribution >= 4 is 40.4 Å². The van der Waals surface area contributed by atoms with E-state index in [1.807, 2.05) is 55.5 Å². The van der Waals surface area contributed by atoms with Crippen LogP contribution in [0.5, 0.6) is 0 Å². The number of rotatable bonds is 8. The lowest BCUT2D eigenvalue weighted by Crippen LogP contribution is -2.58. The van der Waals surface area contributed by atoms with Crippen molar-refractivity contribution < 1.29 is 19.5 Å². The molecule has 0 spiro atoms. The van der Waals surface area contributed by atoms with Gasteiger partial charge in [0.25, 0.3) is 11.8 Å². The van der Waals surface area contributed by atoms with E-state index >= 15 is 0 Å². The Hall–Kier alpha value is -4.76. The Morgan fingerprint density at radius 2 is 1.80 bits per heavy atom. The normalized spacial score (nSPS) is 19.1. The molecule has 0 bridgehead atoms. The molecule has 44 heavy (non-hydrogen) atoms. The van der Waals surface area contributed by atoms with Crippen LogP contribution in [0, 0.1) is 0 Å². The monoisotopic (exact) mass is 591 g/mol. The molecule has 2 aromatic heterocycles. The van der Waals surface area contributed by atoms with Crippen molar-refractivity contribution in [3.05, 3.63) is 89.6 Å². The van der Waals surface area contributed by atoms with Gasteiger partial charge >= 0.3 is 5.97 Å². The van der Waals surface area contributed by atoms with Crippen LogP contribution in [0.1, 0.15) is 59.5 Å². The smallest absolute Gasteiger partial charge is 0.328 e. The van der Waals surface area contributed by atoms with E-state index in [2.05, 4.69) is 26.3 Å². The Labute approximate surface area is 256 Å². The molecular formula is C35H37N5O4. The van der Waals surface area contributed by atoms with Crippen LogP contribution < -0.4 is 10.6 Å². The molecule has 1 atom stereocenters. The number of fused-ring (bicyclic) bond motifs is 1. The molecule has 1 aliphatic heterocycles. The fourth-order valence-corrected chi connectivity index (χ4v) is 6.78. The van der Waals surface area contributed by atoms with Crippen LogP contribution in [-0.4, -0.2) is 63.0 Å². The maximum Gasteiger partial charge on any atom is 0.328 e. The van der Waals surface area contributed by atoms with E-state index in [9.17, 15) is 14.4 Å². The lowest BCUT2D eigenvalue weighted by atomic mass is 9.92. The lowest BCUT2D eigenvalue weighted by Gasteiger charge is -2.29. The Balaban J connectivity index is 1.28. The number of carbonyl (C=O) groups excluding carboxylic acids is 2.